The van der Waals surface area contributed by atoms with Crippen LogP contribution in [0.2, 0.25) is 0 Å². The van der Waals surface area contributed by atoms with Crippen molar-refractivity contribution in [1.82, 2.24) is 0 Å². The molecular formula is C17H18O3. The third-order valence-electron chi connectivity index (χ3n) is 3.01. The molecule has 0 unspecified atom stereocenters. The monoisotopic (exact) mass is 270 g/mol. The van der Waals surface area contributed by atoms with Crippen molar-refractivity contribution < 1.29 is 14.2 Å². The summed E-state index contributed by atoms with van der Waals surface area (Å²) in [6.07, 6.45) is 3.98. The summed E-state index contributed by atoms with van der Waals surface area (Å²) in [5.41, 5.74) is 1.97. The van der Waals surface area contributed by atoms with Gasteiger partial charge in [-0.25, -0.2) is 0 Å². The van der Waals surface area contributed by atoms with Crippen molar-refractivity contribution >= 4 is 12.2 Å². The van der Waals surface area contributed by atoms with E-state index in [-0.39, 0.29) is 0 Å². The van der Waals surface area contributed by atoms with E-state index in [9.17, 15) is 0 Å². The first-order chi connectivity index (χ1) is 9.80. The molecule has 0 amide bonds. The maximum absolute atomic E-state index is 5.40. The molecule has 0 aliphatic heterocycles. The summed E-state index contributed by atoms with van der Waals surface area (Å²) >= 11 is 0. The van der Waals surface area contributed by atoms with Crippen LogP contribution in [0.15, 0.2) is 42.5 Å². The van der Waals surface area contributed by atoms with Gasteiger partial charge < -0.3 is 14.2 Å². The maximum Gasteiger partial charge on any atom is 0.167 e. The van der Waals surface area contributed by atoms with Gasteiger partial charge in [0.15, 0.2) is 11.5 Å². The van der Waals surface area contributed by atoms with E-state index >= 15 is 0 Å². The highest BCUT2D eigenvalue weighted by atomic mass is 16.5. The number of rotatable bonds is 5. The minimum Gasteiger partial charge on any atom is -0.496 e. The van der Waals surface area contributed by atoms with Crippen LogP contribution in [-0.4, -0.2) is 21.3 Å². The van der Waals surface area contributed by atoms with Gasteiger partial charge in [0, 0.05) is 11.1 Å². The Morgan fingerprint density at radius 3 is 1.95 bits per heavy atom. The molecule has 2 aromatic rings. The fraction of sp³-hybridized carbons (Fsp3) is 0.176. The Balaban J connectivity index is 2.36. The summed E-state index contributed by atoms with van der Waals surface area (Å²) in [4.78, 5) is 0. The Bertz CT molecular complexity index is 603. The lowest BCUT2D eigenvalue weighted by Gasteiger charge is -2.10. The average Bonchev–Trinajstić information content (AvgIpc) is 2.52. The molecule has 0 aliphatic carbocycles. The second-order valence-corrected chi connectivity index (χ2v) is 4.16. The van der Waals surface area contributed by atoms with Gasteiger partial charge in [0.25, 0.3) is 0 Å². The van der Waals surface area contributed by atoms with Crippen molar-refractivity contribution in [3.8, 4) is 17.2 Å². The quantitative estimate of drug-likeness (QED) is 0.772. The number of para-hydroxylation sites is 2. The molecule has 0 radical (unpaired) electrons. The molecule has 0 aromatic heterocycles. The van der Waals surface area contributed by atoms with Crippen LogP contribution in [0.3, 0.4) is 0 Å². The van der Waals surface area contributed by atoms with Crippen molar-refractivity contribution in [1.29, 1.82) is 0 Å². The van der Waals surface area contributed by atoms with Gasteiger partial charge in [0.2, 0.25) is 0 Å². The summed E-state index contributed by atoms with van der Waals surface area (Å²) < 4.78 is 16.0. The lowest BCUT2D eigenvalue weighted by molar-refractivity contribution is 0.354. The number of methoxy groups -OCH3 is 3. The van der Waals surface area contributed by atoms with Gasteiger partial charge in [-0.2, -0.15) is 0 Å². The fourth-order valence-corrected chi connectivity index (χ4v) is 2.03. The number of hydrogen-bond donors (Lipinski definition) is 0. The lowest BCUT2D eigenvalue weighted by Crippen LogP contribution is -1.92. The highest BCUT2D eigenvalue weighted by Crippen LogP contribution is 2.32. The molecule has 0 atom stereocenters. The molecule has 0 bridgehead atoms. The zero-order valence-corrected chi connectivity index (χ0v) is 11.9. The predicted molar refractivity (Wildman–Crippen MR) is 81.5 cm³/mol. The molecule has 0 saturated heterocycles. The maximum atomic E-state index is 5.40. The summed E-state index contributed by atoms with van der Waals surface area (Å²) in [5, 5.41) is 0. The zero-order valence-electron chi connectivity index (χ0n) is 11.9. The zero-order chi connectivity index (χ0) is 14.4. The highest BCUT2D eigenvalue weighted by Gasteiger charge is 2.06. The van der Waals surface area contributed by atoms with E-state index in [0.717, 1.165) is 28.4 Å². The van der Waals surface area contributed by atoms with Crippen LogP contribution in [-0.2, 0) is 0 Å². The number of ether oxygens (including phenoxy) is 3. The van der Waals surface area contributed by atoms with Crippen LogP contribution in [0.25, 0.3) is 12.2 Å². The SMILES string of the molecule is COc1ccccc1/C=C/c1cccc(OC)c1OC. The minimum atomic E-state index is 0.717. The molecule has 104 valence electrons. The van der Waals surface area contributed by atoms with Crippen LogP contribution in [0.1, 0.15) is 11.1 Å². The molecule has 3 heteroatoms. The number of benzene rings is 2. The van der Waals surface area contributed by atoms with Gasteiger partial charge in [-0.3, -0.25) is 0 Å². The van der Waals surface area contributed by atoms with E-state index in [1.165, 1.54) is 0 Å². The van der Waals surface area contributed by atoms with Crippen LogP contribution in [0.5, 0.6) is 17.2 Å². The van der Waals surface area contributed by atoms with Gasteiger partial charge in [-0.05, 0) is 12.1 Å². The normalized spacial score (nSPS) is 10.6. The van der Waals surface area contributed by atoms with Gasteiger partial charge in [-0.1, -0.05) is 42.5 Å². The van der Waals surface area contributed by atoms with E-state index < -0.39 is 0 Å². The summed E-state index contributed by atoms with van der Waals surface area (Å²) in [7, 11) is 4.93. The first-order valence-corrected chi connectivity index (χ1v) is 6.32. The van der Waals surface area contributed by atoms with E-state index in [1.54, 1.807) is 21.3 Å². The molecule has 0 N–H and O–H groups in total. The molecule has 0 fully saturated rings. The Labute approximate surface area is 119 Å². The third-order valence-corrected chi connectivity index (χ3v) is 3.01. The Morgan fingerprint density at radius 2 is 1.25 bits per heavy atom. The largest absolute Gasteiger partial charge is 0.496 e. The van der Waals surface area contributed by atoms with E-state index in [1.807, 2.05) is 54.6 Å². The van der Waals surface area contributed by atoms with Crippen LogP contribution >= 0.6 is 0 Å². The van der Waals surface area contributed by atoms with Crippen LogP contribution in [0.4, 0.5) is 0 Å². The minimum absolute atomic E-state index is 0.717. The molecule has 0 heterocycles. The van der Waals surface area contributed by atoms with Crippen molar-refractivity contribution in [2.75, 3.05) is 21.3 Å². The molecule has 0 aliphatic rings. The molecule has 2 rings (SSSR count). The van der Waals surface area contributed by atoms with E-state index in [0.29, 0.717) is 0 Å². The molecule has 0 spiro atoms. The van der Waals surface area contributed by atoms with Gasteiger partial charge in [-0.15, -0.1) is 0 Å². The smallest absolute Gasteiger partial charge is 0.167 e. The van der Waals surface area contributed by atoms with Gasteiger partial charge in [0.1, 0.15) is 5.75 Å². The summed E-state index contributed by atoms with van der Waals surface area (Å²) in [5.74, 6) is 2.28. The Morgan fingerprint density at radius 1 is 0.650 bits per heavy atom. The topological polar surface area (TPSA) is 27.7 Å². The predicted octanol–water partition coefficient (Wildman–Crippen LogP) is 3.88. The summed E-state index contributed by atoms with van der Waals surface area (Å²) in [6.45, 7) is 0. The van der Waals surface area contributed by atoms with E-state index in [2.05, 4.69) is 0 Å². The number of hydrogen-bond acceptors (Lipinski definition) is 3. The highest BCUT2D eigenvalue weighted by molar-refractivity contribution is 5.76. The van der Waals surface area contributed by atoms with E-state index in [4.69, 9.17) is 14.2 Å². The Hall–Kier alpha value is -2.42. The Kier molecular flexibility index (Phi) is 4.66. The second-order valence-electron chi connectivity index (χ2n) is 4.16. The summed E-state index contributed by atoms with van der Waals surface area (Å²) in [6, 6.07) is 13.6. The third kappa shape index (κ3) is 2.94. The standard InChI is InChI=1S/C17H18O3/c1-18-15-9-5-4-7-13(15)11-12-14-8-6-10-16(19-2)17(14)20-3/h4-12H,1-3H3/b12-11+. The fourth-order valence-electron chi connectivity index (χ4n) is 2.03. The first kappa shape index (κ1) is 14.0. The van der Waals surface area contributed by atoms with Crippen LogP contribution in [0, 0.1) is 0 Å². The van der Waals surface area contributed by atoms with Crippen LogP contribution < -0.4 is 14.2 Å². The van der Waals surface area contributed by atoms with Crippen molar-refractivity contribution in [2.24, 2.45) is 0 Å². The molecule has 3 nitrogen and oxygen atoms in total. The molecule has 20 heavy (non-hydrogen) atoms. The molecule has 0 saturated carbocycles. The van der Waals surface area contributed by atoms with Crippen molar-refractivity contribution in [2.45, 2.75) is 0 Å². The average molecular weight is 270 g/mol. The first-order valence-electron chi connectivity index (χ1n) is 6.32. The van der Waals surface area contributed by atoms with Crippen molar-refractivity contribution in [3.63, 3.8) is 0 Å². The van der Waals surface area contributed by atoms with Crippen molar-refractivity contribution in [3.05, 3.63) is 53.6 Å². The lowest BCUT2D eigenvalue weighted by atomic mass is 10.1. The van der Waals surface area contributed by atoms with Gasteiger partial charge >= 0.3 is 0 Å². The second kappa shape index (κ2) is 6.66. The molecular weight excluding hydrogens is 252 g/mol. The van der Waals surface area contributed by atoms with Gasteiger partial charge in [0.05, 0.1) is 21.3 Å². The molecule has 2 aromatic carbocycles.